The maximum Gasteiger partial charge on any atom is 0.325 e. The largest absolute Gasteiger partial charge is 0.480 e. The van der Waals surface area contributed by atoms with Crippen molar-refractivity contribution in [2.45, 2.75) is 51.7 Å². The van der Waals surface area contributed by atoms with Gasteiger partial charge < -0.3 is 32.5 Å². The van der Waals surface area contributed by atoms with Gasteiger partial charge in [-0.3, -0.25) is 24.0 Å². The molecule has 26 heavy (non-hydrogen) atoms. The van der Waals surface area contributed by atoms with Crippen molar-refractivity contribution in [3.05, 3.63) is 0 Å². The molecular formula is C15H27N5O6. The van der Waals surface area contributed by atoms with Crippen LogP contribution in [-0.4, -0.2) is 59.4 Å². The SMILES string of the molecule is CCC(C)C(N)C(=O)NCC(=O)NC(CC(N)=O)C(=O)NC(C)C(=O)O. The average Bonchev–Trinajstić information content (AvgIpc) is 2.56. The van der Waals surface area contributed by atoms with E-state index in [9.17, 15) is 24.0 Å². The predicted octanol–water partition coefficient (Wildman–Crippen LogP) is -2.57. The number of amides is 4. The number of carbonyl (C=O) groups is 5. The summed E-state index contributed by atoms with van der Waals surface area (Å²) >= 11 is 0. The summed E-state index contributed by atoms with van der Waals surface area (Å²) < 4.78 is 0. The van der Waals surface area contributed by atoms with Crippen molar-refractivity contribution in [2.24, 2.45) is 17.4 Å². The molecule has 0 aromatic carbocycles. The fraction of sp³-hybridized carbons (Fsp3) is 0.667. The van der Waals surface area contributed by atoms with Crippen LogP contribution in [-0.2, 0) is 24.0 Å². The van der Waals surface area contributed by atoms with E-state index in [1.165, 1.54) is 6.92 Å². The highest BCUT2D eigenvalue weighted by atomic mass is 16.4. The Labute approximate surface area is 151 Å². The number of nitrogens with one attached hydrogen (secondary N) is 3. The minimum Gasteiger partial charge on any atom is -0.480 e. The Balaban J connectivity index is 4.73. The molecular weight excluding hydrogens is 346 g/mol. The minimum atomic E-state index is -1.36. The summed E-state index contributed by atoms with van der Waals surface area (Å²) in [6, 6.07) is -3.36. The lowest BCUT2D eigenvalue weighted by Gasteiger charge is -2.20. The van der Waals surface area contributed by atoms with Crippen LogP contribution in [0.2, 0.25) is 0 Å². The molecule has 4 unspecified atom stereocenters. The molecule has 4 amide bonds. The van der Waals surface area contributed by atoms with Crippen LogP contribution in [0.25, 0.3) is 0 Å². The van der Waals surface area contributed by atoms with Crippen molar-refractivity contribution in [1.29, 1.82) is 0 Å². The molecule has 8 N–H and O–H groups in total. The highest BCUT2D eigenvalue weighted by Gasteiger charge is 2.26. The summed E-state index contributed by atoms with van der Waals surface area (Å²) in [6.45, 7) is 4.43. The zero-order valence-electron chi connectivity index (χ0n) is 15.1. The molecule has 0 saturated heterocycles. The molecule has 0 aliphatic heterocycles. The van der Waals surface area contributed by atoms with Crippen LogP contribution in [0, 0.1) is 5.92 Å². The molecule has 0 spiro atoms. The molecule has 0 aliphatic carbocycles. The number of primary amides is 1. The van der Waals surface area contributed by atoms with Crippen LogP contribution in [0.1, 0.15) is 33.6 Å². The van der Waals surface area contributed by atoms with Crippen LogP contribution in [0.3, 0.4) is 0 Å². The number of carbonyl (C=O) groups excluding carboxylic acids is 4. The highest BCUT2D eigenvalue weighted by molar-refractivity contribution is 5.94. The van der Waals surface area contributed by atoms with Crippen molar-refractivity contribution in [3.63, 3.8) is 0 Å². The van der Waals surface area contributed by atoms with Gasteiger partial charge in [0.15, 0.2) is 0 Å². The summed E-state index contributed by atoms with van der Waals surface area (Å²) in [6.07, 6.45) is 0.160. The Kier molecular flexibility index (Phi) is 9.89. The van der Waals surface area contributed by atoms with Crippen molar-refractivity contribution in [2.75, 3.05) is 6.54 Å². The zero-order chi connectivity index (χ0) is 20.4. The van der Waals surface area contributed by atoms with Crippen molar-refractivity contribution >= 4 is 29.6 Å². The van der Waals surface area contributed by atoms with Crippen LogP contribution >= 0.6 is 0 Å². The van der Waals surface area contributed by atoms with Gasteiger partial charge in [0.25, 0.3) is 0 Å². The van der Waals surface area contributed by atoms with E-state index in [-0.39, 0.29) is 5.92 Å². The first-order valence-electron chi connectivity index (χ1n) is 8.13. The number of rotatable bonds is 11. The smallest absolute Gasteiger partial charge is 0.325 e. The molecule has 0 saturated carbocycles. The Morgan fingerprint density at radius 2 is 1.62 bits per heavy atom. The molecule has 4 atom stereocenters. The molecule has 0 heterocycles. The number of hydrogen-bond donors (Lipinski definition) is 6. The van der Waals surface area contributed by atoms with E-state index in [1.807, 2.05) is 6.92 Å². The predicted molar refractivity (Wildman–Crippen MR) is 91.4 cm³/mol. The number of nitrogens with two attached hydrogens (primary N) is 2. The fourth-order valence-corrected chi connectivity index (χ4v) is 1.83. The molecule has 148 valence electrons. The van der Waals surface area contributed by atoms with Crippen LogP contribution in [0.5, 0.6) is 0 Å². The summed E-state index contributed by atoms with van der Waals surface area (Å²) in [5.74, 6) is -4.38. The van der Waals surface area contributed by atoms with Gasteiger partial charge in [-0.15, -0.1) is 0 Å². The lowest BCUT2D eigenvalue weighted by molar-refractivity contribution is -0.141. The van der Waals surface area contributed by atoms with Gasteiger partial charge in [-0.05, 0) is 12.8 Å². The summed E-state index contributed by atoms with van der Waals surface area (Å²) in [5, 5.41) is 15.5. The second-order valence-electron chi connectivity index (χ2n) is 5.99. The molecule has 11 heteroatoms. The second kappa shape index (κ2) is 11.0. The van der Waals surface area contributed by atoms with Gasteiger partial charge in [0.05, 0.1) is 19.0 Å². The lowest BCUT2D eigenvalue weighted by atomic mass is 9.99. The second-order valence-corrected chi connectivity index (χ2v) is 5.99. The number of carboxylic acids is 1. The summed E-state index contributed by atoms with van der Waals surface area (Å²) in [4.78, 5) is 57.6. The Bertz CT molecular complexity index is 553. The van der Waals surface area contributed by atoms with Gasteiger partial charge >= 0.3 is 5.97 Å². The van der Waals surface area contributed by atoms with E-state index in [4.69, 9.17) is 16.6 Å². The normalized spacial score (nSPS) is 15.1. The molecule has 0 aliphatic rings. The standard InChI is InChI=1S/C15H27N5O6/c1-4-7(2)12(17)14(24)18-6-11(22)20-9(5-10(16)21)13(23)19-8(3)15(25)26/h7-9,12H,4-6,17H2,1-3H3,(H2,16,21)(H,18,24)(H,19,23)(H,20,22)(H,25,26). The van der Waals surface area contributed by atoms with Crippen LogP contribution in [0.15, 0.2) is 0 Å². The number of carboxylic acid groups (broad SMARTS) is 1. The fourth-order valence-electron chi connectivity index (χ4n) is 1.83. The maximum atomic E-state index is 12.0. The Morgan fingerprint density at radius 1 is 1.04 bits per heavy atom. The van der Waals surface area contributed by atoms with Gasteiger partial charge in [-0.2, -0.15) is 0 Å². The van der Waals surface area contributed by atoms with Crippen molar-refractivity contribution in [1.82, 2.24) is 16.0 Å². The van der Waals surface area contributed by atoms with E-state index in [1.54, 1.807) is 6.92 Å². The van der Waals surface area contributed by atoms with Gasteiger partial charge in [-0.25, -0.2) is 0 Å². The van der Waals surface area contributed by atoms with Crippen LogP contribution in [0.4, 0.5) is 0 Å². The Hall–Kier alpha value is -2.69. The monoisotopic (exact) mass is 373 g/mol. The van der Waals surface area contributed by atoms with E-state index in [0.717, 1.165) is 0 Å². The maximum absolute atomic E-state index is 12.0. The van der Waals surface area contributed by atoms with Gasteiger partial charge in [0.1, 0.15) is 12.1 Å². The van der Waals surface area contributed by atoms with E-state index in [2.05, 4.69) is 16.0 Å². The van der Waals surface area contributed by atoms with E-state index in [0.29, 0.717) is 6.42 Å². The minimum absolute atomic E-state index is 0.0797. The van der Waals surface area contributed by atoms with E-state index >= 15 is 0 Å². The zero-order valence-corrected chi connectivity index (χ0v) is 15.1. The first-order chi connectivity index (χ1) is 12.0. The molecule has 0 aromatic heterocycles. The summed E-state index contributed by atoms with van der Waals surface area (Å²) in [5.41, 5.74) is 10.8. The number of aliphatic carboxylic acids is 1. The molecule has 0 bridgehead atoms. The topological polar surface area (TPSA) is 194 Å². The quantitative estimate of drug-likeness (QED) is 0.229. The number of hydrogen-bond acceptors (Lipinski definition) is 6. The van der Waals surface area contributed by atoms with Gasteiger partial charge in [-0.1, -0.05) is 20.3 Å². The molecule has 0 aromatic rings. The average molecular weight is 373 g/mol. The highest BCUT2D eigenvalue weighted by Crippen LogP contribution is 2.04. The third kappa shape index (κ3) is 8.42. The molecule has 0 rings (SSSR count). The third-order valence-corrected chi connectivity index (χ3v) is 3.77. The first kappa shape index (κ1) is 23.3. The third-order valence-electron chi connectivity index (χ3n) is 3.77. The molecule has 0 fully saturated rings. The van der Waals surface area contributed by atoms with Gasteiger partial charge in [0.2, 0.25) is 23.6 Å². The Morgan fingerprint density at radius 3 is 2.08 bits per heavy atom. The van der Waals surface area contributed by atoms with Crippen LogP contribution < -0.4 is 27.4 Å². The van der Waals surface area contributed by atoms with Crippen molar-refractivity contribution in [3.8, 4) is 0 Å². The molecule has 11 nitrogen and oxygen atoms in total. The van der Waals surface area contributed by atoms with E-state index < -0.39 is 60.7 Å². The molecule has 0 radical (unpaired) electrons. The first-order valence-corrected chi connectivity index (χ1v) is 8.13. The summed E-state index contributed by atoms with van der Waals surface area (Å²) in [7, 11) is 0. The van der Waals surface area contributed by atoms with Crippen molar-refractivity contribution < 1.29 is 29.1 Å². The van der Waals surface area contributed by atoms with Gasteiger partial charge in [0, 0.05) is 0 Å². The lowest BCUT2D eigenvalue weighted by Crippen LogP contribution is -2.54.